The van der Waals surface area contributed by atoms with Crippen molar-refractivity contribution in [3.63, 3.8) is 0 Å². The van der Waals surface area contributed by atoms with Crippen LogP contribution in [0.3, 0.4) is 0 Å². The number of aliphatic hydroxyl groups is 1. The molecule has 1 aliphatic heterocycles. The van der Waals surface area contributed by atoms with Crippen LogP contribution >= 0.6 is 11.3 Å². The first kappa shape index (κ1) is 20.1. The molecule has 1 amide bonds. The van der Waals surface area contributed by atoms with Gasteiger partial charge in [0.2, 0.25) is 5.95 Å². The summed E-state index contributed by atoms with van der Waals surface area (Å²) in [5.74, 6) is 1.46. The SMILES string of the molecule is COc1ccc(NC(=O)ON2CCN(c3nc(N)nc4scnc34)C[C@@H]2CO)cc1. The van der Waals surface area contributed by atoms with Gasteiger partial charge in [0, 0.05) is 18.8 Å². The summed E-state index contributed by atoms with van der Waals surface area (Å²) in [7, 11) is 1.57. The normalized spacial score (nSPS) is 17.1. The number of amides is 1. The van der Waals surface area contributed by atoms with E-state index in [1.165, 1.54) is 16.4 Å². The van der Waals surface area contributed by atoms with Gasteiger partial charge in [-0.25, -0.2) is 14.8 Å². The predicted molar refractivity (Wildman–Crippen MR) is 113 cm³/mol. The third kappa shape index (κ3) is 4.20. The van der Waals surface area contributed by atoms with Gasteiger partial charge in [-0.3, -0.25) is 5.32 Å². The van der Waals surface area contributed by atoms with Crippen molar-refractivity contribution in [2.45, 2.75) is 6.04 Å². The second kappa shape index (κ2) is 8.65. The van der Waals surface area contributed by atoms with Gasteiger partial charge in [-0.1, -0.05) is 0 Å². The maximum Gasteiger partial charge on any atom is 0.430 e. The number of aliphatic hydroxyl groups excluding tert-OH is 1. The highest BCUT2D eigenvalue weighted by molar-refractivity contribution is 7.16. The van der Waals surface area contributed by atoms with Crippen molar-refractivity contribution in [3.05, 3.63) is 29.8 Å². The Morgan fingerprint density at radius 1 is 1.33 bits per heavy atom. The van der Waals surface area contributed by atoms with Crippen LogP contribution in [-0.4, -0.2) is 70.6 Å². The first-order valence-corrected chi connectivity index (χ1v) is 10.1. The van der Waals surface area contributed by atoms with Crippen LogP contribution in [0.25, 0.3) is 10.3 Å². The number of hydrogen-bond donors (Lipinski definition) is 3. The zero-order valence-corrected chi connectivity index (χ0v) is 17.0. The third-order valence-corrected chi connectivity index (χ3v) is 5.39. The predicted octanol–water partition coefficient (Wildman–Crippen LogP) is 1.32. The molecule has 0 bridgehead atoms. The lowest BCUT2D eigenvalue weighted by molar-refractivity contribution is -0.140. The second-order valence-electron chi connectivity index (χ2n) is 6.57. The topological polar surface area (TPSA) is 139 Å². The van der Waals surface area contributed by atoms with Gasteiger partial charge in [0.15, 0.2) is 10.6 Å². The number of fused-ring (bicyclic) bond motifs is 1. The van der Waals surface area contributed by atoms with Crippen molar-refractivity contribution in [3.8, 4) is 5.75 Å². The Morgan fingerprint density at radius 2 is 2.13 bits per heavy atom. The van der Waals surface area contributed by atoms with E-state index in [1.54, 1.807) is 36.9 Å². The van der Waals surface area contributed by atoms with Crippen molar-refractivity contribution in [2.24, 2.45) is 0 Å². The summed E-state index contributed by atoms with van der Waals surface area (Å²) in [6.07, 6.45) is -0.639. The van der Waals surface area contributed by atoms with E-state index in [-0.39, 0.29) is 12.6 Å². The van der Waals surface area contributed by atoms with Crippen molar-refractivity contribution in [1.82, 2.24) is 20.0 Å². The minimum Gasteiger partial charge on any atom is -0.497 e. The van der Waals surface area contributed by atoms with Crippen LogP contribution in [0.4, 0.5) is 22.2 Å². The lowest BCUT2D eigenvalue weighted by Gasteiger charge is -2.39. The molecule has 30 heavy (non-hydrogen) atoms. The number of nitrogen functional groups attached to an aromatic ring is 1. The number of hydrogen-bond acceptors (Lipinski definition) is 11. The number of nitrogens with one attached hydrogen (secondary N) is 1. The molecular formula is C18H21N7O4S. The molecule has 3 aromatic rings. The quantitative estimate of drug-likeness (QED) is 0.542. The van der Waals surface area contributed by atoms with Crippen molar-refractivity contribution < 1.29 is 19.5 Å². The molecule has 1 saturated heterocycles. The number of piperazine rings is 1. The molecule has 4 rings (SSSR count). The molecule has 0 saturated carbocycles. The van der Waals surface area contributed by atoms with E-state index in [9.17, 15) is 9.90 Å². The molecule has 2 aromatic heterocycles. The summed E-state index contributed by atoms with van der Waals surface area (Å²) < 4.78 is 5.09. The maximum atomic E-state index is 12.3. The van der Waals surface area contributed by atoms with Gasteiger partial charge in [-0.05, 0) is 24.3 Å². The number of nitrogens with zero attached hydrogens (tertiary/aromatic N) is 5. The Hall–Kier alpha value is -3.22. The molecule has 1 aliphatic rings. The molecule has 3 heterocycles. The number of rotatable bonds is 5. The molecule has 0 aliphatic carbocycles. The highest BCUT2D eigenvalue weighted by atomic mass is 32.1. The van der Waals surface area contributed by atoms with E-state index in [0.29, 0.717) is 47.2 Å². The smallest absolute Gasteiger partial charge is 0.430 e. The molecule has 11 nitrogen and oxygen atoms in total. The Labute approximate surface area is 176 Å². The number of benzene rings is 1. The minimum atomic E-state index is -0.639. The Bertz CT molecular complexity index is 1030. The van der Waals surface area contributed by atoms with Gasteiger partial charge in [0.05, 0.1) is 31.8 Å². The second-order valence-corrected chi connectivity index (χ2v) is 7.40. The zero-order chi connectivity index (χ0) is 21.1. The summed E-state index contributed by atoms with van der Waals surface area (Å²) in [6, 6.07) is 6.44. The molecule has 0 unspecified atom stereocenters. The summed E-state index contributed by atoms with van der Waals surface area (Å²) in [5, 5.41) is 14.0. The first-order valence-electron chi connectivity index (χ1n) is 9.19. The first-order chi connectivity index (χ1) is 14.6. The third-order valence-electron chi connectivity index (χ3n) is 4.67. The van der Waals surface area contributed by atoms with Crippen LogP contribution in [0.2, 0.25) is 0 Å². The number of carbonyl (C=O) groups is 1. The summed E-state index contributed by atoms with van der Waals surface area (Å²) in [4.78, 5) is 33.2. The van der Waals surface area contributed by atoms with E-state index in [2.05, 4.69) is 20.3 Å². The minimum absolute atomic E-state index is 0.167. The number of thiazole rings is 1. The standard InChI is InChI=1S/C18H21N7O4S/c1-28-13-4-2-11(3-5-13)21-18(27)29-25-7-6-24(8-12(25)9-26)15-14-16(30-10-20-14)23-17(19)22-15/h2-5,10,12,26H,6-9H2,1H3,(H,21,27)(H2,19,22,23)/t12-/m1/s1. The van der Waals surface area contributed by atoms with Crippen LogP contribution in [0.5, 0.6) is 5.75 Å². The van der Waals surface area contributed by atoms with E-state index >= 15 is 0 Å². The van der Waals surface area contributed by atoms with Crippen LogP contribution in [0, 0.1) is 0 Å². The van der Waals surface area contributed by atoms with Crippen molar-refractivity contribution in [1.29, 1.82) is 0 Å². The van der Waals surface area contributed by atoms with Crippen molar-refractivity contribution in [2.75, 3.05) is 49.3 Å². The van der Waals surface area contributed by atoms with Gasteiger partial charge in [0.1, 0.15) is 11.3 Å². The van der Waals surface area contributed by atoms with E-state index in [4.69, 9.17) is 15.3 Å². The number of ether oxygens (including phenoxy) is 1. The van der Waals surface area contributed by atoms with E-state index in [0.717, 1.165) is 0 Å². The number of hydroxylamine groups is 2. The lowest BCUT2D eigenvalue weighted by atomic mass is 10.2. The summed E-state index contributed by atoms with van der Waals surface area (Å²) in [5.41, 5.74) is 8.75. The van der Waals surface area contributed by atoms with Gasteiger partial charge in [-0.2, -0.15) is 4.98 Å². The highest BCUT2D eigenvalue weighted by Gasteiger charge is 2.31. The Balaban J connectivity index is 1.42. The molecule has 1 fully saturated rings. The number of nitrogens with two attached hydrogens (primary N) is 1. The summed E-state index contributed by atoms with van der Waals surface area (Å²) in [6.45, 7) is 1.06. The average Bonchev–Trinajstić information content (AvgIpc) is 3.22. The lowest BCUT2D eigenvalue weighted by Crippen LogP contribution is -2.55. The molecule has 12 heteroatoms. The monoisotopic (exact) mass is 431 g/mol. The fourth-order valence-corrected chi connectivity index (χ4v) is 3.86. The van der Waals surface area contributed by atoms with Gasteiger partial charge in [-0.15, -0.1) is 16.4 Å². The number of aromatic nitrogens is 3. The van der Waals surface area contributed by atoms with Gasteiger partial charge >= 0.3 is 6.09 Å². The van der Waals surface area contributed by atoms with E-state index in [1.807, 2.05) is 4.90 Å². The van der Waals surface area contributed by atoms with Gasteiger partial charge in [0.25, 0.3) is 0 Å². The van der Waals surface area contributed by atoms with Crippen LogP contribution in [0.1, 0.15) is 0 Å². The van der Waals surface area contributed by atoms with E-state index < -0.39 is 12.1 Å². The molecule has 158 valence electrons. The molecule has 1 aromatic carbocycles. The molecule has 4 N–H and O–H groups in total. The largest absolute Gasteiger partial charge is 0.497 e. The fourth-order valence-electron chi connectivity index (χ4n) is 3.21. The number of carbonyl (C=O) groups excluding carboxylic acids is 1. The molecule has 0 spiro atoms. The number of methoxy groups -OCH3 is 1. The van der Waals surface area contributed by atoms with Crippen LogP contribution < -0.4 is 20.7 Å². The highest BCUT2D eigenvalue weighted by Crippen LogP contribution is 2.28. The molecule has 0 radical (unpaired) electrons. The molecule has 1 atom stereocenters. The molecular weight excluding hydrogens is 410 g/mol. The Kier molecular flexibility index (Phi) is 5.79. The van der Waals surface area contributed by atoms with Crippen LogP contribution in [-0.2, 0) is 4.84 Å². The number of anilines is 3. The van der Waals surface area contributed by atoms with Crippen molar-refractivity contribution >= 4 is 45.2 Å². The zero-order valence-electron chi connectivity index (χ0n) is 16.2. The maximum absolute atomic E-state index is 12.3. The van der Waals surface area contributed by atoms with Gasteiger partial charge < -0.3 is 25.3 Å². The fraction of sp³-hybridized carbons (Fsp3) is 0.333. The summed E-state index contributed by atoms with van der Waals surface area (Å²) >= 11 is 1.38. The Morgan fingerprint density at radius 3 is 2.87 bits per heavy atom. The van der Waals surface area contributed by atoms with Crippen LogP contribution in [0.15, 0.2) is 29.8 Å². The average molecular weight is 431 g/mol.